The third-order valence-corrected chi connectivity index (χ3v) is 5.59. The van der Waals surface area contributed by atoms with Crippen molar-refractivity contribution in [1.29, 1.82) is 0 Å². The van der Waals surface area contributed by atoms with Crippen LogP contribution in [0.1, 0.15) is 24.5 Å². The summed E-state index contributed by atoms with van der Waals surface area (Å²) in [5.41, 5.74) is 1.61. The van der Waals surface area contributed by atoms with Crippen molar-refractivity contribution >= 4 is 68.7 Å². The Morgan fingerprint density at radius 1 is 1.14 bits per heavy atom. The molecular weight excluding hydrogens is 502 g/mol. The molecule has 1 fully saturated rings. The highest BCUT2D eigenvalue weighted by Crippen LogP contribution is 2.36. The number of nitrogens with one attached hydrogen (secondary N) is 1. The fourth-order valence-electron chi connectivity index (χ4n) is 2.75. The molecule has 1 N–H and O–H groups in total. The minimum atomic E-state index is -0.423. The molecule has 0 saturated carbocycles. The molecule has 29 heavy (non-hydrogen) atoms. The maximum absolute atomic E-state index is 12.3. The van der Waals surface area contributed by atoms with Crippen molar-refractivity contribution in [3.05, 3.63) is 66.7 Å². The van der Waals surface area contributed by atoms with Crippen LogP contribution in [0.3, 0.4) is 0 Å². The second-order valence-electron chi connectivity index (χ2n) is 6.28. The van der Waals surface area contributed by atoms with Gasteiger partial charge in [0.15, 0.2) is 5.75 Å². The SMILES string of the molecule is CCCN1C(=O)N/C(=C/c2cc(Cl)c(OCc3ccc(Cl)cc3Cl)c(Br)c2)C1=O. The molecule has 9 heteroatoms. The van der Waals surface area contributed by atoms with Gasteiger partial charge in [-0.1, -0.05) is 47.8 Å². The highest BCUT2D eigenvalue weighted by atomic mass is 79.9. The standard InChI is InChI=1S/C20H16BrCl3N2O3/c1-2-5-26-19(27)17(25-20(26)28)8-11-6-14(21)18(16(24)7-11)29-10-12-3-4-13(22)9-15(12)23/h3-4,6-9H,2,5,10H2,1H3,(H,25,28)/b17-8+. The molecule has 0 radical (unpaired) electrons. The molecule has 0 bridgehead atoms. The molecule has 1 aliphatic rings. The minimum Gasteiger partial charge on any atom is -0.486 e. The first-order valence-electron chi connectivity index (χ1n) is 8.70. The molecule has 152 valence electrons. The molecular formula is C20H16BrCl3N2O3. The third kappa shape index (κ3) is 5.07. The van der Waals surface area contributed by atoms with Crippen LogP contribution in [-0.4, -0.2) is 23.4 Å². The van der Waals surface area contributed by atoms with Gasteiger partial charge in [0.2, 0.25) is 0 Å². The zero-order chi connectivity index (χ0) is 21.1. The average molecular weight is 519 g/mol. The van der Waals surface area contributed by atoms with Crippen LogP contribution in [0.4, 0.5) is 4.79 Å². The first-order chi connectivity index (χ1) is 13.8. The Bertz CT molecular complexity index is 987. The smallest absolute Gasteiger partial charge is 0.329 e. The summed E-state index contributed by atoms with van der Waals surface area (Å²) in [5, 5.41) is 3.97. The second kappa shape index (κ2) is 9.39. The number of halogens is 4. The van der Waals surface area contributed by atoms with Gasteiger partial charge in [0, 0.05) is 22.2 Å². The Morgan fingerprint density at radius 2 is 1.90 bits per heavy atom. The van der Waals surface area contributed by atoms with Gasteiger partial charge in [-0.25, -0.2) is 4.79 Å². The van der Waals surface area contributed by atoms with Crippen LogP contribution in [0.5, 0.6) is 5.75 Å². The number of carbonyl (C=O) groups is 2. The largest absolute Gasteiger partial charge is 0.486 e. The fourth-order valence-corrected chi connectivity index (χ4v) is 4.21. The average Bonchev–Trinajstić information content (AvgIpc) is 2.90. The van der Waals surface area contributed by atoms with Crippen molar-refractivity contribution in [2.24, 2.45) is 0 Å². The Kier molecular flexibility index (Phi) is 7.11. The van der Waals surface area contributed by atoms with Crippen molar-refractivity contribution in [3.63, 3.8) is 0 Å². The van der Waals surface area contributed by atoms with Crippen molar-refractivity contribution in [1.82, 2.24) is 10.2 Å². The van der Waals surface area contributed by atoms with Gasteiger partial charge in [0.05, 0.1) is 9.50 Å². The van der Waals surface area contributed by atoms with Gasteiger partial charge in [-0.3, -0.25) is 9.69 Å². The Morgan fingerprint density at radius 3 is 2.55 bits per heavy atom. The van der Waals surface area contributed by atoms with E-state index in [0.29, 0.717) is 43.8 Å². The van der Waals surface area contributed by atoms with E-state index < -0.39 is 6.03 Å². The minimum absolute atomic E-state index is 0.202. The molecule has 5 nitrogen and oxygen atoms in total. The highest BCUT2D eigenvalue weighted by molar-refractivity contribution is 9.10. The van der Waals surface area contributed by atoms with E-state index >= 15 is 0 Å². The van der Waals surface area contributed by atoms with Crippen molar-refractivity contribution in [3.8, 4) is 5.75 Å². The van der Waals surface area contributed by atoms with Gasteiger partial charge < -0.3 is 10.1 Å². The van der Waals surface area contributed by atoms with E-state index in [-0.39, 0.29) is 18.2 Å². The number of hydrogen-bond acceptors (Lipinski definition) is 3. The molecule has 0 aromatic heterocycles. The summed E-state index contributed by atoms with van der Waals surface area (Å²) < 4.78 is 6.42. The van der Waals surface area contributed by atoms with E-state index in [1.807, 2.05) is 6.92 Å². The number of rotatable bonds is 6. The fraction of sp³-hybridized carbons (Fsp3) is 0.200. The summed E-state index contributed by atoms with van der Waals surface area (Å²) in [6.07, 6.45) is 2.26. The zero-order valence-electron chi connectivity index (χ0n) is 15.3. The molecule has 2 aromatic rings. The van der Waals surface area contributed by atoms with Crippen LogP contribution in [0, 0.1) is 0 Å². The van der Waals surface area contributed by atoms with Gasteiger partial charge in [0.25, 0.3) is 5.91 Å². The number of benzene rings is 2. The lowest BCUT2D eigenvalue weighted by Gasteiger charge is -2.12. The number of hydrogen-bond donors (Lipinski definition) is 1. The number of urea groups is 1. The molecule has 1 aliphatic heterocycles. The third-order valence-electron chi connectivity index (χ3n) is 4.13. The summed E-state index contributed by atoms with van der Waals surface area (Å²) in [5.74, 6) is 0.0797. The molecule has 0 spiro atoms. The number of nitrogens with zero attached hydrogens (tertiary/aromatic N) is 1. The lowest BCUT2D eigenvalue weighted by atomic mass is 10.1. The Labute approximate surface area is 191 Å². The lowest BCUT2D eigenvalue weighted by molar-refractivity contribution is -0.122. The van der Waals surface area contributed by atoms with Crippen molar-refractivity contribution in [2.75, 3.05) is 6.54 Å². The van der Waals surface area contributed by atoms with Crippen molar-refractivity contribution in [2.45, 2.75) is 20.0 Å². The van der Waals surface area contributed by atoms with Gasteiger partial charge >= 0.3 is 6.03 Å². The normalized spacial score (nSPS) is 15.2. The lowest BCUT2D eigenvalue weighted by Crippen LogP contribution is -2.31. The first-order valence-corrected chi connectivity index (χ1v) is 10.6. The maximum atomic E-state index is 12.3. The quantitative estimate of drug-likeness (QED) is 0.361. The van der Waals surface area contributed by atoms with Gasteiger partial charge in [-0.05, 0) is 58.3 Å². The topological polar surface area (TPSA) is 58.6 Å². The van der Waals surface area contributed by atoms with E-state index in [9.17, 15) is 9.59 Å². The summed E-state index contributed by atoms with van der Waals surface area (Å²) in [7, 11) is 0. The molecule has 1 heterocycles. The summed E-state index contributed by atoms with van der Waals surface area (Å²) >= 11 is 21.9. The van der Waals surface area contributed by atoms with Crippen LogP contribution in [0.15, 0.2) is 40.5 Å². The van der Waals surface area contributed by atoms with E-state index in [4.69, 9.17) is 39.5 Å². The van der Waals surface area contributed by atoms with Gasteiger partial charge in [-0.15, -0.1) is 0 Å². The predicted octanol–water partition coefficient (Wildman–Crippen LogP) is 6.29. The highest BCUT2D eigenvalue weighted by Gasteiger charge is 2.32. The van der Waals surface area contributed by atoms with E-state index in [1.165, 1.54) is 4.90 Å². The second-order valence-corrected chi connectivity index (χ2v) is 8.39. The van der Waals surface area contributed by atoms with Crippen LogP contribution >= 0.6 is 50.7 Å². The van der Waals surface area contributed by atoms with Crippen LogP contribution in [0.25, 0.3) is 6.08 Å². The van der Waals surface area contributed by atoms with Gasteiger partial charge in [-0.2, -0.15) is 0 Å². The maximum Gasteiger partial charge on any atom is 0.329 e. The van der Waals surface area contributed by atoms with E-state index in [2.05, 4.69) is 21.2 Å². The molecule has 2 aromatic carbocycles. The molecule has 0 aliphatic carbocycles. The number of amides is 3. The molecule has 3 amide bonds. The molecule has 1 saturated heterocycles. The predicted molar refractivity (Wildman–Crippen MR) is 118 cm³/mol. The summed E-state index contributed by atoms with van der Waals surface area (Å²) in [4.78, 5) is 25.4. The van der Waals surface area contributed by atoms with Crippen LogP contribution in [-0.2, 0) is 11.4 Å². The van der Waals surface area contributed by atoms with E-state index in [0.717, 1.165) is 5.56 Å². The number of imide groups is 1. The van der Waals surface area contributed by atoms with E-state index in [1.54, 1.807) is 36.4 Å². The van der Waals surface area contributed by atoms with Crippen LogP contribution < -0.4 is 10.1 Å². The molecule has 0 unspecified atom stereocenters. The Hall–Kier alpha value is -1.73. The first kappa shape index (κ1) is 22.0. The Balaban J connectivity index is 1.79. The summed E-state index contributed by atoms with van der Waals surface area (Å²) in [6, 6.07) is 8.13. The zero-order valence-corrected chi connectivity index (χ0v) is 19.1. The number of ether oxygens (including phenoxy) is 1. The monoisotopic (exact) mass is 516 g/mol. The van der Waals surface area contributed by atoms with Crippen LogP contribution in [0.2, 0.25) is 15.1 Å². The van der Waals surface area contributed by atoms with Gasteiger partial charge in [0.1, 0.15) is 12.3 Å². The summed E-state index contributed by atoms with van der Waals surface area (Å²) in [6.45, 7) is 2.47. The molecule has 3 rings (SSSR count). The molecule has 0 atom stereocenters. The van der Waals surface area contributed by atoms with Crippen molar-refractivity contribution < 1.29 is 14.3 Å². The number of carbonyl (C=O) groups excluding carboxylic acids is 2.